The second kappa shape index (κ2) is 8.43. The van der Waals surface area contributed by atoms with E-state index in [-0.39, 0.29) is 11.9 Å². The van der Waals surface area contributed by atoms with E-state index in [4.69, 9.17) is 9.47 Å². The molecule has 1 unspecified atom stereocenters. The SMILES string of the molecule is CCOc1ccc(C2CCCN2C(=O)[C@@H](C)NC(=O)OC(C)(C)C)cc1. The molecule has 0 saturated carbocycles. The van der Waals surface area contributed by atoms with Crippen molar-refractivity contribution < 1.29 is 19.1 Å². The minimum Gasteiger partial charge on any atom is -0.494 e. The molecule has 1 fully saturated rings. The molecule has 1 aliphatic heterocycles. The van der Waals surface area contributed by atoms with Crippen LogP contribution in [0.1, 0.15) is 59.1 Å². The first-order valence-electron chi connectivity index (χ1n) is 9.24. The fraction of sp³-hybridized carbons (Fsp3) is 0.600. The van der Waals surface area contributed by atoms with Gasteiger partial charge in [0.2, 0.25) is 5.91 Å². The topological polar surface area (TPSA) is 67.9 Å². The summed E-state index contributed by atoms with van der Waals surface area (Å²) in [6.45, 7) is 10.3. The smallest absolute Gasteiger partial charge is 0.408 e. The summed E-state index contributed by atoms with van der Waals surface area (Å²) in [5, 5.41) is 2.64. The normalized spacial score (nSPS) is 18.3. The maximum absolute atomic E-state index is 12.8. The third kappa shape index (κ3) is 5.38. The van der Waals surface area contributed by atoms with Crippen LogP contribution in [0.25, 0.3) is 0 Å². The summed E-state index contributed by atoms with van der Waals surface area (Å²) in [7, 11) is 0. The molecule has 0 aliphatic carbocycles. The number of nitrogens with zero attached hydrogens (tertiary/aromatic N) is 1. The Kier molecular flexibility index (Phi) is 6.51. The van der Waals surface area contributed by atoms with E-state index in [1.807, 2.05) is 36.1 Å². The molecular weight excluding hydrogens is 332 g/mol. The van der Waals surface area contributed by atoms with Gasteiger partial charge in [-0.3, -0.25) is 4.79 Å². The molecule has 0 aromatic heterocycles. The third-order valence-corrected chi connectivity index (χ3v) is 4.22. The summed E-state index contributed by atoms with van der Waals surface area (Å²) in [6, 6.07) is 7.28. The van der Waals surface area contributed by atoms with E-state index < -0.39 is 17.7 Å². The molecule has 0 spiro atoms. The van der Waals surface area contributed by atoms with Crippen molar-refractivity contribution in [3.8, 4) is 5.75 Å². The predicted octanol–water partition coefficient (Wildman–Crippen LogP) is 3.66. The van der Waals surface area contributed by atoms with Gasteiger partial charge in [-0.1, -0.05) is 12.1 Å². The van der Waals surface area contributed by atoms with Crippen molar-refractivity contribution >= 4 is 12.0 Å². The van der Waals surface area contributed by atoms with Crippen LogP contribution in [0.15, 0.2) is 24.3 Å². The molecule has 1 aliphatic rings. The van der Waals surface area contributed by atoms with Crippen molar-refractivity contribution in [3.05, 3.63) is 29.8 Å². The quantitative estimate of drug-likeness (QED) is 0.868. The number of carbonyl (C=O) groups excluding carboxylic acids is 2. The zero-order valence-electron chi connectivity index (χ0n) is 16.4. The van der Waals surface area contributed by atoms with Crippen LogP contribution in [0.3, 0.4) is 0 Å². The molecule has 6 heteroatoms. The van der Waals surface area contributed by atoms with Crippen LogP contribution in [-0.4, -0.2) is 41.7 Å². The van der Waals surface area contributed by atoms with Gasteiger partial charge in [-0.2, -0.15) is 0 Å². The highest BCUT2D eigenvalue weighted by atomic mass is 16.6. The summed E-state index contributed by atoms with van der Waals surface area (Å²) in [4.78, 5) is 26.6. The standard InChI is InChI=1S/C20H30N2O4/c1-6-25-16-11-9-15(10-12-16)17-8-7-13-22(17)18(23)14(2)21-19(24)26-20(3,4)5/h9-12,14,17H,6-8,13H2,1-5H3,(H,21,24)/t14-,17?/m1/s1. The molecule has 144 valence electrons. The second-order valence-electron chi connectivity index (χ2n) is 7.56. The highest BCUT2D eigenvalue weighted by Gasteiger charge is 2.33. The summed E-state index contributed by atoms with van der Waals surface area (Å²) in [5.74, 6) is 0.735. The summed E-state index contributed by atoms with van der Waals surface area (Å²) >= 11 is 0. The van der Waals surface area contributed by atoms with E-state index in [0.717, 1.165) is 24.2 Å². The number of ether oxygens (including phenoxy) is 2. The lowest BCUT2D eigenvalue weighted by molar-refractivity contribution is -0.134. The van der Waals surface area contributed by atoms with E-state index in [0.29, 0.717) is 13.2 Å². The molecule has 26 heavy (non-hydrogen) atoms. The average molecular weight is 362 g/mol. The Labute approximate surface area is 155 Å². The first kappa shape index (κ1) is 20.1. The zero-order valence-corrected chi connectivity index (χ0v) is 16.4. The van der Waals surface area contributed by atoms with Crippen molar-refractivity contribution in [1.29, 1.82) is 0 Å². The Morgan fingerprint density at radius 1 is 1.27 bits per heavy atom. The van der Waals surface area contributed by atoms with Gasteiger partial charge in [-0.05, 0) is 65.2 Å². The molecular formula is C20H30N2O4. The lowest BCUT2D eigenvalue weighted by Gasteiger charge is -2.29. The first-order valence-corrected chi connectivity index (χ1v) is 9.24. The monoisotopic (exact) mass is 362 g/mol. The van der Waals surface area contributed by atoms with Crippen LogP contribution < -0.4 is 10.1 Å². The molecule has 2 amide bonds. The number of hydrogen-bond donors (Lipinski definition) is 1. The van der Waals surface area contributed by atoms with Crippen LogP contribution >= 0.6 is 0 Å². The maximum Gasteiger partial charge on any atom is 0.408 e. The van der Waals surface area contributed by atoms with Gasteiger partial charge in [0.15, 0.2) is 0 Å². The van der Waals surface area contributed by atoms with E-state index in [1.54, 1.807) is 27.7 Å². The Balaban J connectivity index is 2.01. The van der Waals surface area contributed by atoms with Crippen molar-refractivity contribution in [2.24, 2.45) is 0 Å². The molecule has 2 rings (SSSR count). The van der Waals surface area contributed by atoms with Gasteiger partial charge in [-0.15, -0.1) is 0 Å². The Bertz CT molecular complexity index is 622. The molecule has 1 N–H and O–H groups in total. The Hall–Kier alpha value is -2.24. The van der Waals surface area contributed by atoms with Crippen LogP contribution in [0.2, 0.25) is 0 Å². The molecule has 1 heterocycles. The van der Waals surface area contributed by atoms with E-state index in [2.05, 4.69) is 5.32 Å². The summed E-state index contributed by atoms with van der Waals surface area (Å²) in [6.07, 6.45) is 1.29. The molecule has 1 aromatic carbocycles. The minimum atomic E-state index is -0.631. The molecule has 2 atom stereocenters. The third-order valence-electron chi connectivity index (χ3n) is 4.22. The van der Waals surface area contributed by atoms with E-state index >= 15 is 0 Å². The molecule has 1 aromatic rings. The van der Waals surface area contributed by atoms with Gasteiger partial charge < -0.3 is 19.7 Å². The van der Waals surface area contributed by atoms with Gasteiger partial charge >= 0.3 is 6.09 Å². The van der Waals surface area contributed by atoms with Crippen LogP contribution in [0.5, 0.6) is 5.75 Å². The van der Waals surface area contributed by atoms with Crippen LogP contribution in [0, 0.1) is 0 Å². The Morgan fingerprint density at radius 2 is 1.92 bits per heavy atom. The van der Waals surface area contributed by atoms with Crippen molar-refractivity contribution in [1.82, 2.24) is 10.2 Å². The number of likely N-dealkylation sites (tertiary alicyclic amines) is 1. The fourth-order valence-electron chi connectivity index (χ4n) is 3.12. The zero-order chi connectivity index (χ0) is 19.3. The number of rotatable bonds is 5. The predicted molar refractivity (Wildman–Crippen MR) is 100 cm³/mol. The maximum atomic E-state index is 12.8. The second-order valence-corrected chi connectivity index (χ2v) is 7.56. The summed E-state index contributed by atoms with van der Waals surface area (Å²) < 4.78 is 10.7. The van der Waals surface area contributed by atoms with Gasteiger partial charge in [-0.25, -0.2) is 4.79 Å². The van der Waals surface area contributed by atoms with Crippen molar-refractivity contribution in [2.75, 3.05) is 13.2 Å². The molecule has 6 nitrogen and oxygen atoms in total. The van der Waals surface area contributed by atoms with Crippen molar-refractivity contribution in [2.45, 2.75) is 65.1 Å². The molecule has 0 bridgehead atoms. The van der Waals surface area contributed by atoms with Gasteiger partial charge in [0.25, 0.3) is 0 Å². The highest BCUT2D eigenvalue weighted by Crippen LogP contribution is 2.33. The number of hydrogen-bond acceptors (Lipinski definition) is 4. The number of benzene rings is 1. The molecule has 0 radical (unpaired) electrons. The largest absolute Gasteiger partial charge is 0.494 e. The Morgan fingerprint density at radius 3 is 2.50 bits per heavy atom. The first-order chi connectivity index (χ1) is 12.2. The average Bonchev–Trinajstić information content (AvgIpc) is 3.02. The van der Waals surface area contributed by atoms with E-state index in [9.17, 15) is 9.59 Å². The lowest BCUT2D eigenvalue weighted by Crippen LogP contribution is -2.47. The van der Waals surface area contributed by atoms with E-state index in [1.165, 1.54) is 0 Å². The number of nitrogens with one attached hydrogen (secondary N) is 1. The summed E-state index contributed by atoms with van der Waals surface area (Å²) in [5.41, 5.74) is 0.495. The minimum absolute atomic E-state index is 0.0288. The number of alkyl carbamates (subject to hydrolysis) is 1. The number of carbonyl (C=O) groups is 2. The van der Waals surface area contributed by atoms with Crippen LogP contribution in [0.4, 0.5) is 4.79 Å². The van der Waals surface area contributed by atoms with Crippen LogP contribution in [-0.2, 0) is 9.53 Å². The lowest BCUT2D eigenvalue weighted by atomic mass is 10.0. The van der Waals surface area contributed by atoms with Gasteiger partial charge in [0.1, 0.15) is 17.4 Å². The highest BCUT2D eigenvalue weighted by molar-refractivity contribution is 5.86. The van der Waals surface area contributed by atoms with Gasteiger partial charge in [0.05, 0.1) is 12.6 Å². The van der Waals surface area contributed by atoms with Crippen molar-refractivity contribution in [3.63, 3.8) is 0 Å². The molecule has 1 saturated heterocycles. The number of amides is 2. The fourth-order valence-corrected chi connectivity index (χ4v) is 3.12. The van der Waals surface area contributed by atoms with Gasteiger partial charge in [0, 0.05) is 6.54 Å².